The summed E-state index contributed by atoms with van der Waals surface area (Å²) < 4.78 is 22.5. The maximum Gasteiger partial charge on any atom is 0.231 e. The molecule has 8 heteroatoms. The van der Waals surface area contributed by atoms with Crippen LogP contribution in [0.1, 0.15) is 18.1 Å². The van der Waals surface area contributed by atoms with Crippen LogP contribution in [0.25, 0.3) is 0 Å². The minimum atomic E-state index is 0.242. The van der Waals surface area contributed by atoms with Gasteiger partial charge in [-0.2, -0.15) is 0 Å². The Kier molecular flexibility index (Phi) is 6.86. The largest absolute Gasteiger partial charge is 0.490 e. The van der Waals surface area contributed by atoms with Crippen molar-refractivity contribution in [1.29, 1.82) is 0 Å². The van der Waals surface area contributed by atoms with E-state index in [-0.39, 0.29) is 6.79 Å². The molecular weight excluding hydrogens is 461 g/mol. The average molecular weight is 481 g/mol. The van der Waals surface area contributed by atoms with Gasteiger partial charge in [-0.25, -0.2) is 0 Å². The number of nitrogens with one attached hydrogen (secondary N) is 1. The van der Waals surface area contributed by atoms with Gasteiger partial charge >= 0.3 is 0 Å². The fourth-order valence-electron chi connectivity index (χ4n) is 3.09. The van der Waals surface area contributed by atoms with Crippen molar-refractivity contribution in [3.63, 3.8) is 0 Å². The molecule has 0 aromatic heterocycles. The van der Waals surface area contributed by atoms with Gasteiger partial charge in [0.1, 0.15) is 6.61 Å². The van der Waals surface area contributed by atoms with Crippen LogP contribution in [-0.2, 0) is 13.2 Å². The summed E-state index contributed by atoms with van der Waals surface area (Å²) in [5, 5.41) is 4.90. The van der Waals surface area contributed by atoms with Crippen molar-refractivity contribution in [2.45, 2.75) is 20.1 Å². The predicted octanol–water partition coefficient (Wildman–Crippen LogP) is 6.97. The standard InChI is InChI=1S/C23H20Cl3NO4/c1-2-28-21-8-15(11-27-16-4-6-20-22(9-16)31-13-30-20)18(25)10-23(21)29-12-14-3-5-17(24)19(26)7-14/h3-10,27H,2,11-13H2,1H3. The van der Waals surface area contributed by atoms with Gasteiger partial charge in [0.05, 0.1) is 16.7 Å². The first-order chi connectivity index (χ1) is 15.0. The molecule has 1 N–H and O–H groups in total. The van der Waals surface area contributed by atoms with E-state index in [9.17, 15) is 0 Å². The van der Waals surface area contributed by atoms with Crippen LogP contribution >= 0.6 is 34.8 Å². The van der Waals surface area contributed by atoms with Crippen molar-refractivity contribution in [2.24, 2.45) is 0 Å². The zero-order chi connectivity index (χ0) is 21.8. The topological polar surface area (TPSA) is 49.0 Å². The number of fused-ring (bicyclic) bond motifs is 1. The fraction of sp³-hybridized carbons (Fsp3) is 0.217. The molecule has 0 aliphatic carbocycles. The van der Waals surface area contributed by atoms with E-state index in [0.717, 1.165) is 28.3 Å². The molecule has 0 atom stereocenters. The van der Waals surface area contributed by atoms with Gasteiger partial charge in [0.2, 0.25) is 6.79 Å². The summed E-state index contributed by atoms with van der Waals surface area (Å²) in [6.07, 6.45) is 0. The predicted molar refractivity (Wildman–Crippen MR) is 123 cm³/mol. The summed E-state index contributed by atoms with van der Waals surface area (Å²) in [5.41, 5.74) is 2.67. The normalized spacial score (nSPS) is 12.0. The van der Waals surface area contributed by atoms with Crippen molar-refractivity contribution in [3.8, 4) is 23.0 Å². The molecule has 1 heterocycles. The lowest BCUT2D eigenvalue weighted by Gasteiger charge is -2.16. The van der Waals surface area contributed by atoms with Crippen molar-refractivity contribution < 1.29 is 18.9 Å². The quantitative estimate of drug-likeness (QED) is 0.377. The molecule has 0 bridgehead atoms. The molecule has 4 rings (SSSR count). The Bertz CT molecular complexity index is 1090. The van der Waals surface area contributed by atoms with Crippen LogP contribution in [-0.4, -0.2) is 13.4 Å². The zero-order valence-corrected chi connectivity index (χ0v) is 19.0. The summed E-state index contributed by atoms with van der Waals surface area (Å²) in [7, 11) is 0. The maximum absolute atomic E-state index is 6.53. The van der Waals surface area contributed by atoms with Gasteiger partial charge in [-0.3, -0.25) is 0 Å². The number of rotatable bonds is 8. The van der Waals surface area contributed by atoms with Crippen molar-refractivity contribution in [3.05, 3.63) is 74.7 Å². The van der Waals surface area contributed by atoms with Crippen LogP contribution in [0.5, 0.6) is 23.0 Å². The smallest absolute Gasteiger partial charge is 0.231 e. The lowest BCUT2D eigenvalue weighted by atomic mass is 10.2. The second-order valence-corrected chi connectivity index (χ2v) is 8.00. The number of hydrogen-bond donors (Lipinski definition) is 1. The third-order valence-corrected chi connectivity index (χ3v) is 5.74. The van der Waals surface area contributed by atoms with E-state index in [4.69, 9.17) is 53.8 Å². The maximum atomic E-state index is 6.53. The van der Waals surface area contributed by atoms with Gasteiger partial charge in [-0.05, 0) is 48.4 Å². The minimum absolute atomic E-state index is 0.242. The van der Waals surface area contributed by atoms with Crippen LogP contribution in [0.2, 0.25) is 15.1 Å². The van der Waals surface area contributed by atoms with E-state index in [1.807, 2.05) is 37.3 Å². The summed E-state index contributed by atoms with van der Waals surface area (Å²) in [5.74, 6) is 2.64. The molecule has 3 aromatic rings. The third-order valence-electron chi connectivity index (χ3n) is 4.65. The first-order valence-electron chi connectivity index (χ1n) is 9.69. The molecule has 0 amide bonds. The molecule has 1 aliphatic heterocycles. The Labute approximate surface area is 195 Å². The highest BCUT2D eigenvalue weighted by Crippen LogP contribution is 2.37. The Balaban J connectivity index is 1.47. The van der Waals surface area contributed by atoms with Crippen molar-refractivity contribution >= 4 is 40.5 Å². The molecular formula is C23H20Cl3NO4. The summed E-state index contributed by atoms with van der Waals surface area (Å²) in [6, 6.07) is 14.7. The number of benzene rings is 3. The highest BCUT2D eigenvalue weighted by molar-refractivity contribution is 6.42. The molecule has 1 aliphatic rings. The van der Waals surface area contributed by atoms with Gasteiger partial charge in [0.15, 0.2) is 23.0 Å². The SMILES string of the molecule is CCOc1cc(CNc2ccc3c(c2)OCO3)c(Cl)cc1OCc1ccc(Cl)c(Cl)c1. The minimum Gasteiger partial charge on any atom is -0.490 e. The molecule has 0 saturated heterocycles. The van der Waals surface area contributed by atoms with Gasteiger partial charge in [0, 0.05) is 29.4 Å². The second kappa shape index (κ2) is 9.77. The fourth-order valence-corrected chi connectivity index (χ4v) is 3.63. The van der Waals surface area contributed by atoms with Gasteiger partial charge in [-0.1, -0.05) is 40.9 Å². The molecule has 3 aromatic carbocycles. The van der Waals surface area contributed by atoms with Crippen LogP contribution < -0.4 is 24.3 Å². The van der Waals surface area contributed by atoms with Crippen LogP contribution in [0, 0.1) is 0 Å². The van der Waals surface area contributed by atoms with Gasteiger partial charge < -0.3 is 24.3 Å². The highest BCUT2D eigenvalue weighted by atomic mass is 35.5. The van der Waals surface area contributed by atoms with Crippen LogP contribution in [0.4, 0.5) is 5.69 Å². The lowest BCUT2D eigenvalue weighted by molar-refractivity contribution is 0.174. The van der Waals surface area contributed by atoms with E-state index in [1.165, 1.54) is 0 Å². The third kappa shape index (κ3) is 5.24. The number of anilines is 1. The number of hydrogen-bond acceptors (Lipinski definition) is 5. The molecule has 0 spiro atoms. The molecule has 31 heavy (non-hydrogen) atoms. The lowest BCUT2D eigenvalue weighted by Crippen LogP contribution is -2.04. The molecule has 5 nitrogen and oxygen atoms in total. The summed E-state index contributed by atoms with van der Waals surface area (Å²) in [4.78, 5) is 0. The van der Waals surface area contributed by atoms with Gasteiger partial charge in [0.25, 0.3) is 0 Å². The van der Waals surface area contributed by atoms with Gasteiger partial charge in [-0.15, -0.1) is 0 Å². The molecule has 0 radical (unpaired) electrons. The highest BCUT2D eigenvalue weighted by Gasteiger charge is 2.15. The Morgan fingerprint density at radius 1 is 0.839 bits per heavy atom. The Morgan fingerprint density at radius 3 is 2.45 bits per heavy atom. The monoisotopic (exact) mass is 479 g/mol. The summed E-state index contributed by atoms with van der Waals surface area (Å²) in [6.45, 7) is 3.47. The molecule has 0 unspecified atom stereocenters. The second-order valence-electron chi connectivity index (χ2n) is 6.78. The zero-order valence-electron chi connectivity index (χ0n) is 16.7. The van der Waals surface area contributed by atoms with Crippen molar-refractivity contribution in [1.82, 2.24) is 0 Å². The van der Waals surface area contributed by atoms with E-state index < -0.39 is 0 Å². The van der Waals surface area contributed by atoms with E-state index >= 15 is 0 Å². The van der Waals surface area contributed by atoms with E-state index in [2.05, 4.69) is 5.32 Å². The Hall–Kier alpha value is -2.47. The number of ether oxygens (including phenoxy) is 4. The van der Waals surface area contributed by atoms with Crippen molar-refractivity contribution in [2.75, 3.05) is 18.7 Å². The molecule has 162 valence electrons. The van der Waals surface area contributed by atoms with Crippen LogP contribution in [0.3, 0.4) is 0 Å². The van der Waals surface area contributed by atoms with E-state index in [0.29, 0.717) is 46.3 Å². The number of halogens is 3. The van der Waals surface area contributed by atoms with E-state index in [1.54, 1.807) is 18.2 Å². The molecule has 0 saturated carbocycles. The first kappa shape index (κ1) is 21.8. The molecule has 0 fully saturated rings. The first-order valence-corrected chi connectivity index (χ1v) is 10.8. The Morgan fingerprint density at radius 2 is 1.65 bits per heavy atom. The average Bonchev–Trinajstić information content (AvgIpc) is 3.23. The van der Waals surface area contributed by atoms with Crippen LogP contribution in [0.15, 0.2) is 48.5 Å². The summed E-state index contributed by atoms with van der Waals surface area (Å²) >= 11 is 18.6.